The Balaban J connectivity index is 0.000000336. The van der Waals surface area contributed by atoms with Gasteiger partial charge in [-0.25, -0.2) is 26.7 Å². The molecule has 1 N–H and O–H groups in total. The quantitative estimate of drug-likeness (QED) is 0.510. The van der Waals surface area contributed by atoms with Gasteiger partial charge < -0.3 is 4.74 Å². The number of nitrogens with one attached hydrogen (secondary N) is 1. The van der Waals surface area contributed by atoms with Crippen LogP contribution in [0, 0.1) is 11.6 Å². The van der Waals surface area contributed by atoms with Crippen molar-refractivity contribution in [2.75, 3.05) is 7.11 Å². The first-order valence-electron chi connectivity index (χ1n) is 9.92. The van der Waals surface area contributed by atoms with E-state index in [0.717, 1.165) is 12.1 Å². The standard InChI is InChI=1S/C15H13F2NO4S.C9H12/c1-22-15(19)11-4-2-10(3-5-11)9-18-23(20,21)12-6-7-13(16)14(17)8-12;1-2-6-9-7-4-3-5-8-9/h2-8,18H,9H2,1H3;3-5,7-8H,2,6H2,1H3. The summed E-state index contributed by atoms with van der Waals surface area (Å²) < 4.78 is 56.8. The molecule has 0 amide bonds. The van der Waals surface area contributed by atoms with E-state index in [1.165, 1.54) is 37.6 Å². The van der Waals surface area contributed by atoms with Crippen molar-refractivity contribution in [2.45, 2.75) is 31.2 Å². The zero-order chi connectivity index (χ0) is 23.6. The molecule has 3 aromatic rings. The first-order chi connectivity index (χ1) is 15.3. The Kier molecular flexibility index (Phi) is 9.49. The van der Waals surface area contributed by atoms with E-state index in [1.54, 1.807) is 12.1 Å². The fraction of sp³-hybridized carbons (Fsp3) is 0.208. The molecule has 0 aliphatic rings. The van der Waals surface area contributed by atoms with E-state index in [2.05, 4.69) is 46.7 Å². The van der Waals surface area contributed by atoms with E-state index in [-0.39, 0.29) is 11.4 Å². The highest BCUT2D eigenvalue weighted by molar-refractivity contribution is 7.89. The second-order valence-electron chi connectivity index (χ2n) is 6.82. The summed E-state index contributed by atoms with van der Waals surface area (Å²) in [7, 11) is -2.72. The summed E-state index contributed by atoms with van der Waals surface area (Å²) in [4.78, 5) is 10.9. The lowest BCUT2D eigenvalue weighted by atomic mass is 10.1. The zero-order valence-electron chi connectivity index (χ0n) is 17.8. The van der Waals surface area contributed by atoms with Gasteiger partial charge in [-0.3, -0.25) is 0 Å². The van der Waals surface area contributed by atoms with Crippen molar-refractivity contribution in [2.24, 2.45) is 0 Å². The van der Waals surface area contributed by atoms with Crippen LogP contribution < -0.4 is 4.72 Å². The molecule has 170 valence electrons. The molecule has 0 aromatic heterocycles. The molecule has 0 saturated carbocycles. The van der Waals surface area contributed by atoms with E-state index in [1.807, 2.05) is 0 Å². The third kappa shape index (κ3) is 7.55. The van der Waals surface area contributed by atoms with E-state index in [0.29, 0.717) is 17.2 Å². The molecule has 0 fully saturated rings. The zero-order valence-corrected chi connectivity index (χ0v) is 18.7. The summed E-state index contributed by atoms with van der Waals surface area (Å²) in [5, 5.41) is 0. The van der Waals surface area contributed by atoms with Gasteiger partial charge in [0, 0.05) is 6.54 Å². The SMILES string of the molecule is CCCc1ccccc1.COC(=O)c1ccc(CNS(=O)(=O)c2ccc(F)c(F)c2)cc1. The summed E-state index contributed by atoms with van der Waals surface area (Å²) in [5.41, 5.74) is 2.36. The molecule has 0 aliphatic heterocycles. The van der Waals surface area contributed by atoms with Crippen molar-refractivity contribution >= 4 is 16.0 Å². The van der Waals surface area contributed by atoms with Crippen LogP contribution in [0.1, 0.15) is 34.8 Å². The molecule has 3 rings (SSSR count). The highest BCUT2D eigenvalue weighted by atomic mass is 32.2. The maximum absolute atomic E-state index is 13.1. The van der Waals surface area contributed by atoms with E-state index >= 15 is 0 Å². The molecule has 0 atom stereocenters. The number of halogens is 2. The molecule has 0 spiro atoms. The van der Waals surface area contributed by atoms with Crippen molar-refractivity contribution in [1.82, 2.24) is 4.72 Å². The van der Waals surface area contributed by atoms with E-state index in [9.17, 15) is 22.0 Å². The number of sulfonamides is 1. The highest BCUT2D eigenvalue weighted by Crippen LogP contribution is 2.14. The fourth-order valence-electron chi connectivity index (χ4n) is 2.72. The summed E-state index contributed by atoms with van der Waals surface area (Å²) in [6, 6.07) is 19.0. The summed E-state index contributed by atoms with van der Waals surface area (Å²) >= 11 is 0. The van der Waals surface area contributed by atoms with Gasteiger partial charge in [0.1, 0.15) is 0 Å². The van der Waals surface area contributed by atoms with Gasteiger partial charge in [0.05, 0.1) is 17.6 Å². The number of carbonyl (C=O) groups excluding carboxylic acids is 1. The van der Waals surface area contributed by atoms with Crippen molar-refractivity contribution in [3.63, 3.8) is 0 Å². The van der Waals surface area contributed by atoms with E-state index in [4.69, 9.17) is 0 Å². The van der Waals surface area contributed by atoms with E-state index < -0.39 is 27.6 Å². The minimum atomic E-state index is -3.98. The average Bonchev–Trinajstić information content (AvgIpc) is 2.80. The molecular weight excluding hydrogens is 436 g/mol. The molecule has 0 unspecified atom stereocenters. The van der Waals surface area contributed by atoms with Gasteiger partial charge >= 0.3 is 5.97 Å². The number of rotatable bonds is 7. The Labute approximate surface area is 187 Å². The van der Waals surface area contributed by atoms with Gasteiger partial charge in [0.25, 0.3) is 0 Å². The maximum Gasteiger partial charge on any atom is 0.337 e. The van der Waals surface area contributed by atoms with Gasteiger partial charge in [0.2, 0.25) is 10.0 Å². The summed E-state index contributed by atoms with van der Waals surface area (Å²) in [5.74, 6) is -2.86. The van der Waals surface area contributed by atoms with Crippen LogP contribution in [0.25, 0.3) is 0 Å². The average molecular weight is 462 g/mol. The van der Waals surface area contributed by atoms with Crippen LogP contribution in [0.4, 0.5) is 8.78 Å². The van der Waals surface area contributed by atoms with Crippen LogP contribution in [-0.4, -0.2) is 21.5 Å². The number of esters is 1. The topological polar surface area (TPSA) is 72.5 Å². The first-order valence-corrected chi connectivity index (χ1v) is 11.4. The number of hydrogen-bond donors (Lipinski definition) is 1. The number of hydrogen-bond acceptors (Lipinski definition) is 4. The predicted molar refractivity (Wildman–Crippen MR) is 119 cm³/mol. The molecule has 0 heterocycles. The van der Waals surface area contributed by atoms with Gasteiger partial charge in [-0.2, -0.15) is 0 Å². The Morgan fingerprint density at radius 3 is 2.12 bits per heavy atom. The lowest BCUT2D eigenvalue weighted by Gasteiger charge is -2.08. The molecule has 8 heteroatoms. The largest absolute Gasteiger partial charge is 0.465 e. The molecule has 3 aromatic carbocycles. The minimum absolute atomic E-state index is 0.0667. The Morgan fingerprint density at radius 2 is 1.56 bits per heavy atom. The van der Waals surface area contributed by atoms with Crippen LogP contribution in [0.5, 0.6) is 0 Å². The van der Waals surface area contributed by atoms with Gasteiger partial charge in [-0.15, -0.1) is 0 Å². The Bertz CT molecular complexity index is 1120. The van der Waals surface area contributed by atoms with Gasteiger partial charge in [-0.1, -0.05) is 55.8 Å². The molecule has 5 nitrogen and oxygen atoms in total. The van der Waals surface area contributed by atoms with Crippen molar-refractivity contribution < 1.29 is 26.7 Å². The lowest BCUT2D eigenvalue weighted by Crippen LogP contribution is -2.23. The maximum atomic E-state index is 13.1. The third-order valence-corrected chi connectivity index (χ3v) is 5.82. The van der Waals surface area contributed by atoms with Crippen LogP contribution in [0.3, 0.4) is 0 Å². The number of aryl methyl sites for hydroxylation is 1. The molecule has 0 saturated heterocycles. The van der Waals surface area contributed by atoms with Gasteiger partial charge in [0.15, 0.2) is 11.6 Å². The monoisotopic (exact) mass is 461 g/mol. The number of carbonyl (C=O) groups is 1. The normalized spacial score (nSPS) is 10.8. The van der Waals surface area contributed by atoms with Gasteiger partial charge in [-0.05, 0) is 47.9 Å². The van der Waals surface area contributed by atoms with Crippen molar-refractivity contribution in [3.8, 4) is 0 Å². The van der Waals surface area contributed by atoms with Crippen LogP contribution in [0.2, 0.25) is 0 Å². The first kappa shape index (κ1) is 25.2. The number of ether oxygens (including phenoxy) is 1. The fourth-order valence-corrected chi connectivity index (χ4v) is 3.74. The summed E-state index contributed by atoms with van der Waals surface area (Å²) in [6.45, 7) is 2.13. The van der Waals surface area contributed by atoms with Crippen molar-refractivity contribution in [3.05, 3.63) is 101 Å². The minimum Gasteiger partial charge on any atom is -0.465 e. The van der Waals surface area contributed by atoms with Crippen LogP contribution in [0.15, 0.2) is 77.7 Å². The van der Waals surface area contributed by atoms with Crippen LogP contribution >= 0.6 is 0 Å². The Hall–Kier alpha value is -3.10. The Morgan fingerprint density at radius 1 is 0.906 bits per heavy atom. The molecular formula is C24H25F2NO4S. The highest BCUT2D eigenvalue weighted by Gasteiger charge is 2.16. The van der Waals surface area contributed by atoms with Crippen LogP contribution in [-0.2, 0) is 27.7 Å². The molecule has 0 radical (unpaired) electrons. The number of methoxy groups -OCH3 is 1. The third-order valence-electron chi connectivity index (χ3n) is 4.42. The predicted octanol–water partition coefficient (Wildman–Crippen LogP) is 4.87. The second kappa shape index (κ2) is 12.1. The number of benzene rings is 3. The second-order valence-corrected chi connectivity index (χ2v) is 8.59. The molecule has 32 heavy (non-hydrogen) atoms. The van der Waals surface area contributed by atoms with Crippen molar-refractivity contribution in [1.29, 1.82) is 0 Å². The summed E-state index contributed by atoms with van der Waals surface area (Å²) in [6.07, 6.45) is 2.45. The molecule has 0 aliphatic carbocycles. The molecule has 0 bridgehead atoms. The lowest BCUT2D eigenvalue weighted by molar-refractivity contribution is 0.0600. The smallest absolute Gasteiger partial charge is 0.337 e.